The monoisotopic (exact) mass is 201 g/mol. The Labute approximate surface area is 69.3 Å². The van der Waals surface area contributed by atoms with Gasteiger partial charge in [-0.25, -0.2) is 0 Å². The Morgan fingerprint density at radius 3 is 2.42 bits per heavy atom. The van der Waals surface area contributed by atoms with Gasteiger partial charge in [0.2, 0.25) is 0 Å². The Morgan fingerprint density at radius 2 is 2.08 bits per heavy atom. The van der Waals surface area contributed by atoms with Crippen LogP contribution in [0, 0.1) is 0 Å². The minimum atomic E-state index is -4.43. The Hall–Kier alpha value is -0.410. The fraction of sp³-hybridized carbons (Fsp3) is 0.667. The molecule has 0 rings (SSSR count). The molecule has 12 heavy (non-hydrogen) atoms. The molecule has 0 aromatic heterocycles. The molecule has 0 saturated heterocycles. The van der Waals surface area contributed by atoms with Gasteiger partial charge in [-0.1, -0.05) is 6.92 Å². The van der Waals surface area contributed by atoms with Crippen molar-refractivity contribution in [3.8, 4) is 0 Å². The van der Waals surface area contributed by atoms with Crippen molar-refractivity contribution in [1.29, 1.82) is 0 Å². The molecule has 70 valence electrons. The van der Waals surface area contributed by atoms with Crippen molar-refractivity contribution in [3.63, 3.8) is 0 Å². The number of halogens is 3. The Bertz CT molecular complexity index is 188. The van der Waals surface area contributed by atoms with E-state index >= 15 is 0 Å². The van der Waals surface area contributed by atoms with Gasteiger partial charge in [-0.05, 0) is 11.1 Å². The lowest BCUT2D eigenvalue weighted by atomic mass is 10.5. The smallest absolute Gasteiger partial charge is 0.168 e. The lowest BCUT2D eigenvalue weighted by Crippen LogP contribution is -2.14. The summed E-state index contributed by atoms with van der Waals surface area (Å²) in [4.78, 5) is 0. The van der Waals surface area contributed by atoms with E-state index in [-0.39, 0.29) is 5.31 Å². The fourth-order valence-corrected chi connectivity index (χ4v) is 1.06. The molecule has 2 nitrogen and oxygen atoms in total. The maximum atomic E-state index is 11.5. The van der Waals surface area contributed by atoms with E-state index in [1.807, 2.05) is 0 Å². The standard InChI is InChI=1S/C6H9F3O2P/c1-3-5(2)12(10)11-4-6(7,8)9/h2-4H2,1H3/q+1. The van der Waals surface area contributed by atoms with Crippen LogP contribution in [0.25, 0.3) is 0 Å². The molecule has 0 N–H and O–H groups in total. The van der Waals surface area contributed by atoms with Crippen molar-refractivity contribution in [1.82, 2.24) is 0 Å². The third-order valence-corrected chi connectivity index (χ3v) is 2.21. The van der Waals surface area contributed by atoms with E-state index in [0.717, 1.165) is 0 Å². The summed E-state index contributed by atoms with van der Waals surface area (Å²) in [5.74, 6) is 0. The first-order valence-corrected chi connectivity index (χ1v) is 4.39. The lowest BCUT2D eigenvalue weighted by Gasteiger charge is -1.98. The van der Waals surface area contributed by atoms with Crippen LogP contribution in [0.1, 0.15) is 13.3 Å². The molecule has 0 aliphatic rings. The molecule has 0 radical (unpaired) electrons. The Kier molecular flexibility index (Phi) is 4.42. The molecule has 0 aromatic carbocycles. The van der Waals surface area contributed by atoms with Gasteiger partial charge >= 0.3 is 14.2 Å². The summed E-state index contributed by atoms with van der Waals surface area (Å²) in [6.07, 6.45) is -4.08. The van der Waals surface area contributed by atoms with Crippen molar-refractivity contribution < 1.29 is 22.3 Å². The summed E-state index contributed by atoms with van der Waals surface area (Å²) in [5.41, 5.74) is 0. The molecular weight excluding hydrogens is 192 g/mol. The predicted octanol–water partition coefficient (Wildman–Crippen LogP) is 3.23. The molecule has 0 heterocycles. The second-order valence-electron chi connectivity index (χ2n) is 2.07. The molecule has 0 saturated carbocycles. The first-order chi connectivity index (χ1) is 5.37. The average molecular weight is 201 g/mol. The van der Waals surface area contributed by atoms with Crippen LogP contribution in [-0.4, -0.2) is 12.8 Å². The van der Waals surface area contributed by atoms with E-state index in [2.05, 4.69) is 11.1 Å². The zero-order chi connectivity index (χ0) is 9.78. The molecule has 1 unspecified atom stereocenters. The third kappa shape index (κ3) is 5.27. The summed E-state index contributed by atoms with van der Waals surface area (Å²) in [6, 6.07) is 0. The highest BCUT2D eigenvalue weighted by Gasteiger charge is 2.34. The van der Waals surface area contributed by atoms with Crippen LogP contribution in [-0.2, 0) is 9.09 Å². The van der Waals surface area contributed by atoms with Gasteiger partial charge < -0.3 is 0 Å². The fourth-order valence-electron chi connectivity index (χ4n) is 0.352. The van der Waals surface area contributed by atoms with Crippen molar-refractivity contribution in [3.05, 3.63) is 11.9 Å². The van der Waals surface area contributed by atoms with Crippen LogP contribution in [0.5, 0.6) is 0 Å². The van der Waals surface area contributed by atoms with Crippen LogP contribution in [0.4, 0.5) is 13.2 Å². The first-order valence-electron chi connectivity index (χ1n) is 3.21. The highest BCUT2D eigenvalue weighted by Crippen LogP contribution is 2.35. The van der Waals surface area contributed by atoms with Gasteiger partial charge in [-0.3, -0.25) is 0 Å². The molecule has 0 bridgehead atoms. The van der Waals surface area contributed by atoms with E-state index < -0.39 is 20.8 Å². The van der Waals surface area contributed by atoms with Gasteiger partial charge in [-0.15, -0.1) is 4.52 Å². The highest BCUT2D eigenvalue weighted by atomic mass is 31.1. The zero-order valence-corrected chi connectivity index (χ0v) is 7.41. The second-order valence-corrected chi connectivity index (χ2v) is 3.47. The first kappa shape index (κ1) is 11.6. The predicted molar refractivity (Wildman–Crippen MR) is 39.0 cm³/mol. The quantitative estimate of drug-likeness (QED) is 0.652. The molecule has 0 aromatic rings. The molecule has 1 atom stereocenters. The van der Waals surface area contributed by atoms with Crippen LogP contribution in [0.2, 0.25) is 0 Å². The summed E-state index contributed by atoms with van der Waals surface area (Å²) in [5, 5.41) is 0.189. The molecule has 0 spiro atoms. The minimum absolute atomic E-state index is 0.189. The van der Waals surface area contributed by atoms with Gasteiger partial charge in [0.15, 0.2) is 11.9 Å². The Morgan fingerprint density at radius 1 is 1.58 bits per heavy atom. The van der Waals surface area contributed by atoms with Gasteiger partial charge in [0.05, 0.1) is 0 Å². The van der Waals surface area contributed by atoms with E-state index in [9.17, 15) is 17.7 Å². The number of allylic oxidation sites excluding steroid dienone is 1. The summed E-state index contributed by atoms with van der Waals surface area (Å²) in [7, 11) is -2.37. The van der Waals surface area contributed by atoms with Crippen molar-refractivity contribution in [2.45, 2.75) is 19.5 Å². The van der Waals surface area contributed by atoms with E-state index in [0.29, 0.717) is 6.42 Å². The number of hydrogen-bond acceptors (Lipinski definition) is 2. The molecule has 0 amide bonds. The van der Waals surface area contributed by atoms with Gasteiger partial charge in [0.1, 0.15) is 0 Å². The summed E-state index contributed by atoms with van der Waals surface area (Å²) >= 11 is 0. The summed E-state index contributed by atoms with van der Waals surface area (Å²) in [6.45, 7) is 3.46. The summed E-state index contributed by atoms with van der Waals surface area (Å²) < 4.78 is 49.3. The van der Waals surface area contributed by atoms with Crippen LogP contribution >= 0.6 is 8.03 Å². The SMILES string of the molecule is C=C(CC)[P+](=O)OCC(F)(F)F. The normalized spacial score (nSPS) is 12.8. The molecule has 0 aliphatic heterocycles. The van der Waals surface area contributed by atoms with Crippen molar-refractivity contribution in [2.24, 2.45) is 0 Å². The van der Waals surface area contributed by atoms with E-state index in [1.165, 1.54) is 0 Å². The highest BCUT2D eigenvalue weighted by molar-refractivity contribution is 7.44. The number of alkyl halides is 3. The number of rotatable bonds is 4. The molecule has 0 aliphatic carbocycles. The lowest BCUT2D eigenvalue weighted by molar-refractivity contribution is -0.152. The van der Waals surface area contributed by atoms with Crippen LogP contribution in [0.3, 0.4) is 0 Å². The van der Waals surface area contributed by atoms with Crippen LogP contribution in [0.15, 0.2) is 11.9 Å². The third-order valence-electron chi connectivity index (χ3n) is 1.01. The maximum Gasteiger partial charge on any atom is 0.543 e. The topological polar surface area (TPSA) is 26.3 Å². The van der Waals surface area contributed by atoms with Gasteiger partial charge in [0.25, 0.3) is 0 Å². The number of hydrogen-bond donors (Lipinski definition) is 0. The van der Waals surface area contributed by atoms with Crippen LogP contribution < -0.4 is 0 Å². The molecule has 6 heteroatoms. The second kappa shape index (κ2) is 4.58. The van der Waals surface area contributed by atoms with Gasteiger partial charge in [0, 0.05) is 6.42 Å². The Balaban J connectivity index is 3.80. The zero-order valence-electron chi connectivity index (χ0n) is 6.52. The average Bonchev–Trinajstić information content (AvgIpc) is 1.97. The largest absolute Gasteiger partial charge is 0.543 e. The van der Waals surface area contributed by atoms with E-state index in [1.54, 1.807) is 6.92 Å². The minimum Gasteiger partial charge on any atom is -0.168 e. The molecule has 0 fully saturated rings. The maximum absolute atomic E-state index is 11.5. The van der Waals surface area contributed by atoms with Crippen molar-refractivity contribution in [2.75, 3.05) is 6.61 Å². The van der Waals surface area contributed by atoms with Gasteiger partial charge in [-0.2, -0.15) is 13.2 Å². The van der Waals surface area contributed by atoms with E-state index in [4.69, 9.17) is 0 Å². The molecular formula is C6H9F3O2P+. The van der Waals surface area contributed by atoms with Crippen molar-refractivity contribution >= 4 is 8.03 Å².